The summed E-state index contributed by atoms with van der Waals surface area (Å²) in [6.07, 6.45) is 0.739. The Hall–Kier alpha value is -3.36. The molecule has 1 aliphatic heterocycles. The number of rotatable bonds is 5. The van der Waals surface area contributed by atoms with E-state index in [-0.39, 0.29) is 10.8 Å². The lowest BCUT2D eigenvalue weighted by Gasteiger charge is -2.17. The lowest BCUT2D eigenvalue weighted by atomic mass is 10.1. The standard InChI is InChI=1S/C23H20N2O5S/c26-31(27,17-11-12-20-21(15-17)29-14-6-13-28-20)25-22(16-7-2-1-3-8-16)23-24-18-9-4-5-10-19(18)30-23/h1-5,7-12,15,22,25H,6,13-14H2/t22-/m0/s1. The van der Waals surface area contributed by atoms with Gasteiger partial charge in [0, 0.05) is 12.5 Å². The zero-order chi connectivity index (χ0) is 21.3. The molecule has 31 heavy (non-hydrogen) atoms. The molecular weight excluding hydrogens is 416 g/mol. The molecule has 3 aromatic carbocycles. The molecule has 0 saturated carbocycles. The third kappa shape index (κ3) is 3.99. The molecule has 0 saturated heterocycles. The Balaban J connectivity index is 1.54. The van der Waals surface area contributed by atoms with Gasteiger partial charge in [0.05, 0.1) is 18.1 Å². The Labute approximate surface area is 179 Å². The monoisotopic (exact) mass is 436 g/mol. The summed E-state index contributed by atoms with van der Waals surface area (Å²) in [6.45, 7) is 1.00. The first-order valence-electron chi connectivity index (χ1n) is 9.92. The van der Waals surface area contributed by atoms with Gasteiger partial charge in [0.15, 0.2) is 17.1 Å². The van der Waals surface area contributed by atoms with Gasteiger partial charge in [0.2, 0.25) is 15.9 Å². The van der Waals surface area contributed by atoms with E-state index in [2.05, 4.69) is 9.71 Å². The van der Waals surface area contributed by atoms with Crippen LogP contribution in [0.25, 0.3) is 11.1 Å². The van der Waals surface area contributed by atoms with Crippen molar-refractivity contribution >= 4 is 21.1 Å². The van der Waals surface area contributed by atoms with Crippen LogP contribution in [0.4, 0.5) is 0 Å². The van der Waals surface area contributed by atoms with Crippen LogP contribution in [-0.2, 0) is 10.0 Å². The Morgan fingerprint density at radius 1 is 0.871 bits per heavy atom. The number of hydrogen-bond donors (Lipinski definition) is 1. The summed E-state index contributed by atoms with van der Waals surface area (Å²) in [7, 11) is -3.92. The summed E-state index contributed by atoms with van der Waals surface area (Å²) in [4.78, 5) is 4.59. The normalized spacial score (nSPS) is 14.8. The van der Waals surface area contributed by atoms with E-state index in [0.29, 0.717) is 41.4 Å². The van der Waals surface area contributed by atoms with Gasteiger partial charge in [0.25, 0.3) is 0 Å². The molecule has 4 aromatic rings. The van der Waals surface area contributed by atoms with Crippen LogP contribution in [0.1, 0.15) is 23.9 Å². The summed E-state index contributed by atoms with van der Waals surface area (Å²) in [5, 5.41) is 0. The Morgan fingerprint density at radius 2 is 1.61 bits per heavy atom. The maximum atomic E-state index is 13.3. The zero-order valence-corrected chi connectivity index (χ0v) is 17.3. The highest BCUT2D eigenvalue weighted by Crippen LogP contribution is 2.33. The Kier molecular flexibility index (Phi) is 5.09. The van der Waals surface area contributed by atoms with Gasteiger partial charge in [0.1, 0.15) is 11.6 Å². The van der Waals surface area contributed by atoms with Crippen molar-refractivity contribution < 1.29 is 22.3 Å². The number of nitrogens with one attached hydrogen (secondary N) is 1. The zero-order valence-electron chi connectivity index (χ0n) is 16.5. The first kappa shape index (κ1) is 19.6. The summed E-state index contributed by atoms with van der Waals surface area (Å²) < 4.78 is 46.5. The molecule has 7 nitrogen and oxygen atoms in total. The minimum atomic E-state index is -3.92. The van der Waals surface area contributed by atoms with Crippen molar-refractivity contribution in [1.82, 2.24) is 9.71 Å². The lowest BCUT2D eigenvalue weighted by molar-refractivity contribution is 0.297. The average molecular weight is 436 g/mol. The number of ether oxygens (including phenoxy) is 2. The molecule has 0 unspecified atom stereocenters. The number of fused-ring (bicyclic) bond motifs is 2. The van der Waals surface area contributed by atoms with E-state index in [1.165, 1.54) is 12.1 Å². The van der Waals surface area contributed by atoms with Gasteiger partial charge in [-0.05, 0) is 29.8 Å². The quantitative estimate of drug-likeness (QED) is 0.507. The largest absolute Gasteiger partial charge is 0.490 e. The van der Waals surface area contributed by atoms with E-state index in [0.717, 1.165) is 6.42 Å². The van der Waals surface area contributed by atoms with Crippen LogP contribution in [-0.4, -0.2) is 26.6 Å². The van der Waals surface area contributed by atoms with Gasteiger partial charge >= 0.3 is 0 Å². The second-order valence-electron chi connectivity index (χ2n) is 7.14. The summed E-state index contributed by atoms with van der Waals surface area (Å²) in [6, 6.07) is 20.3. The van der Waals surface area contributed by atoms with Crippen molar-refractivity contribution in [3.05, 3.63) is 84.3 Å². The Morgan fingerprint density at radius 3 is 2.42 bits per heavy atom. The SMILES string of the molecule is O=S(=O)(N[C@@H](c1ccccc1)c1nc2ccccc2o1)c1ccc2c(c1)OCCCO2. The van der Waals surface area contributed by atoms with E-state index in [1.807, 2.05) is 48.5 Å². The molecule has 0 amide bonds. The van der Waals surface area contributed by atoms with E-state index < -0.39 is 16.1 Å². The fraction of sp³-hybridized carbons (Fsp3) is 0.174. The lowest BCUT2D eigenvalue weighted by Crippen LogP contribution is -2.29. The van der Waals surface area contributed by atoms with Crippen LogP contribution in [0.15, 0.2) is 82.1 Å². The number of oxazole rings is 1. The molecule has 1 aliphatic rings. The van der Waals surface area contributed by atoms with Crippen LogP contribution in [0.2, 0.25) is 0 Å². The van der Waals surface area contributed by atoms with Crippen LogP contribution in [0, 0.1) is 0 Å². The highest BCUT2D eigenvalue weighted by molar-refractivity contribution is 7.89. The van der Waals surface area contributed by atoms with Crippen LogP contribution in [0.5, 0.6) is 11.5 Å². The second kappa shape index (κ2) is 8.05. The predicted octanol–water partition coefficient (Wildman–Crippen LogP) is 4.06. The molecule has 0 aliphatic carbocycles. The molecule has 0 spiro atoms. The molecule has 1 aromatic heterocycles. The second-order valence-corrected chi connectivity index (χ2v) is 8.86. The molecule has 0 radical (unpaired) electrons. The minimum absolute atomic E-state index is 0.0776. The number of para-hydroxylation sites is 2. The number of sulfonamides is 1. The molecular formula is C23H20N2O5S. The van der Waals surface area contributed by atoms with E-state index in [1.54, 1.807) is 12.1 Å². The molecule has 5 rings (SSSR count). The average Bonchev–Trinajstić information content (AvgIpc) is 3.08. The molecule has 0 fully saturated rings. The van der Waals surface area contributed by atoms with Gasteiger partial charge in [-0.15, -0.1) is 0 Å². The number of benzene rings is 3. The highest BCUT2D eigenvalue weighted by Gasteiger charge is 2.28. The van der Waals surface area contributed by atoms with Crippen molar-refractivity contribution in [2.45, 2.75) is 17.4 Å². The number of hydrogen-bond acceptors (Lipinski definition) is 6. The van der Waals surface area contributed by atoms with Gasteiger partial charge in [-0.2, -0.15) is 4.72 Å². The minimum Gasteiger partial charge on any atom is -0.490 e. The number of aromatic nitrogens is 1. The van der Waals surface area contributed by atoms with Crippen molar-refractivity contribution in [2.24, 2.45) is 0 Å². The summed E-state index contributed by atoms with van der Waals surface area (Å²) >= 11 is 0. The fourth-order valence-electron chi connectivity index (χ4n) is 3.45. The highest BCUT2D eigenvalue weighted by atomic mass is 32.2. The third-order valence-electron chi connectivity index (χ3n) is 4.99. The van der Waals surface area contributed by atoms with Crippen LogP contribution >= 0.6 is 0 Å². The van der Waals surface area contributed by atoms with Gasteiger partial charge in [-0.1, -0.05) is 42.5 Å². The van der Waals surface area contributed by atoms with Crippen molar-refractivity contribution in [1.29, 1.82) is 0 Å². The van der Waals surface area contributed by atoms with E-state index in [9.17, 15) is 8.42 Å². The first-order chi connectivity index (χ1) is 15.1. The van der Waals surface area contributed by atoms with Crippen molar-refractivity contribution in [2.75, 3.05) is 13.2 Å². The first-order valence-corrected chi connectivity index (χ1v) is 11.4. The van der Waals surface area contributed by atoms with Gasteiger partial charge < -0.3 is 13.9 Å². The van der Waals surface area contributed by atoms with Gasteiger partial charge in [-0.3, -0.25) is 0 Å². The van der Waals surface area contributed by atoms with E-state index in [4.69, 9.17) is 13.9 Å². The van der Waals surface area contributed by atoms with Crippen molar-refractivity contribution in [3.63, 3.8) is 0 Å². The van der Waals surface area contributed by atoms with Crippen molar-refractivity contribution in [3.8, 4) is 11.5 Å². The summed E-state index contributed by atoms with van der Waals surface area (Å²) in [5.41, 5.74) is 1.97. The molecule has 1 N–H and O–H groups in total. The predicted molar refractivity (Wildman–Crippen MR) is 115 cm³/mol. The maximum absolute atomic E-state index is 13.3. The molecule has 158 valence electrons. The fourth-order valence-corrected chi connectivity index (χ4v) is 4.65. The van der Waals surface area contributed by atoms with Gasteiger partial charge in [-0.25, -0.2) is 13.4 Å². The molecule has 0 bridgehead atoms. The smallest absolute Gasteiger partial charge is 0.241 e. The third-order valence-corrected chi connectivity index (χ3v) is 6.41. The van der Waals surface area contributed by atoms with Crippen LogP contribution < -0.4 is 14.2 Å². The topological polar surface area (TPSA) is 90.7 Å². The summed E-state index contributed by atoms with van der Waals surface area (Å²) in [5.74, 6) is 1.22. The molecule has 8 heteroatoms. The molecule has 2 heterocycles. The number of nitrogens with zero attached hydrogens (tertiary/aromatic N) is 1. The Bertz CT molecular complexity index is 1290. The molecule has 1 atom stereocenters. The maximum Gasteiger partial charge on any atom is 0.241 e. The van der Waals surface area contributed by atoms with Crippen LogP contribution in [0.3, 0.4) is 0 Å². The van der Waals surface area contributed by atoms with E-state index >= 15 is 0 Å².